The maximum absolute atomic E-state index is 11.8. The van der Waals surface area contributed by atoms with Gasteiger partial charge in [0.15, 0.2) is 12.0 Å². The number of methoxy groups -OCH3 is 1. The summed E-state index contributed by atoms with van der Waals surface area (Å²) < 4.78 is 10.1. The van der Waals surface area contributed by atoms with E-state index in [0.29, 0.717) is 28.2 Å². The van der Waals surface area contributed by atoms with Crippen LogP contribution in [-0.4, -0.2) is 31.3 Å². The molecule has 0 saturated carbocycles. The molecule has 1 aromatic heterocycles. The van der Waals surface area contributed by atoms with Crippen molar-refractivity contribution in [2.24, 2.45) is 0 Å². The Morgan fingerprint density at radius 1 is 1.33 bits per heavy atom. The predicted molar refractivity (Wildman–Crippen MR) is 87.9 cm³/mol. The van der Waals surface area contributed by atoms with Gasteiger partial charge in [0, 0.05) is 23.9 Å². The average molecular weight is 350 g/mol. The first-order valence-electron chi connectivity index (χ1n) is 7.13. The number of hydrogen-bond acceptors (Lipinski definition) is 5. The van der Waals surface area contributed by atoms with Crippen LogP contribution >= 0.6 is 11.6 Å². The monoisotopic (exact) mass is 349 g/mol. The maximum Gasteiger partial charge on any atom is 0.328 e. The number of aldehydes is 1. The minimum atomic E-state index is -0.845. The lowest BCUT2D eigenvalue weighted by atomic mass is 10.0. The normalized spacial score (nSPS) is 11.6. The molecule has 0 aliphatic heterocycles. The largest absolute Gasteiger partial charge is 0.467 e. The number of esters is 1. The number of ether oxygens (including phenoxy) is 1. The fraction of sp³-hybridized carbons (Fsp3) is 0.235. The molecule has 0 spiro atoms. The molecule has 1 heterocycles. The quantitative estimate of drug-likeness (QED) is 0.640. The van der Waals surface area contributed by atoms with E-state index in [1.165, 1.54) is 14.0 Å². The Bertz CT molecular complexity index is 768. The third-order valence-corrected chi connectivity index (χ3v) is 3.73. The van der Waals surface area contributed by atoms with Gasteiger partial charge in [-0.2, -0.15) is 0 Å². The minimum absolute atomic E-state index is 0.167. The lowest BCUT2D eigenvalue weighted by molar-refractivity contribution is -0.144. The van der Waals surface area contributed by atoms with E-state index in [0.717, 1.165) is 0 Å². The number of furan rings is 1. The molecule has 0 aliphatic rings. The van der Waals surface area contributed by atoms with Gasteiger partial charge in [-0.15, -0.1) is 0 Å². The Morgan fingerprint density at radius 3 is 2.67 bits per heavy atom. The van der Waals surface area contributed by atoms with Gasteiger partial charge in [0.2, 0.25) is 5.91 Å². The van der Waals surface area contributed by atoms with Crippen LogP contribution in [0.4, 0.5) is 0 Å². The molecule has 2 rings (SSSR count). The molecule has 1 unspecified atom stereocenters. The number of rotatable bonds is 6. The molecule has 24 heavy (non-hydrogen) atoms. The highest BCUT2D eigenvalue weighted by Gasteiger charge is 2.22. The smallest absolute Gasteiger partial charge is 0.328 e. The second-order valence-electron chi connectivity index (χ2n) is 5.11. The van der Waals surface area contributed by atoms with Crippen molar-refractivity contribution in [3.05, 3.63) is 46.7 Å². The highest BCUT2D eigenvalue weighted by molar-refractivity contribution is 6.31. The van der Waals surface area contributed by atoms with Gasteiger partial charge in [-0.05, 0) is 35.9 Å². The molecule has 7 heteroatoms. The first-order valence-corrected chi connectivity index (χ1v) is 7.51. The summed E-state index contributed by atoms with van der Waals surface area (Å²) in [5, 5.41) is 2.98. The van der Waals surface area contributed by atoms with Crippen LogP contribution in [0.1, 0.15) is 23.0 Å². The summed E-state index contributed by atoms with van der Waals surface area (Å²) in [6, 6.07) is 7.53. The van der Waals surface area contributed by atoms with E-state index in [4.69, 9.17) is 20.8 Å². The summed E-state index contributed by atoms with van der Waals surface area (Å²) in [4.78, 5) is 33.8. The van der Waals surface area contributed by atoms with Gasteiger partial charge in [0.25, 0.3) is 0 Å². The highest BCUT2D eigenvalue weighted by atomic mass is 35.5. The summed E-state index contributed by atoms with van der Waals surface area (Å²) in [5.41, 5.74) is 1.34. The molecule has 1 atom stereocenters. The number of hydrogen-bond donors (Lipinski definition) is 1. The fourth-order valence-electron chi connectivity index (χ4n) is 2.26. The van der Waals surface area contributed by atoms with Crippen LogP contribution in [0.15, 0.2) is 34.7 Å². The second-order valence-corrected chi connectivity index (χ2v) is 5.51. The molecular formula is C17H16ClNO5. The van der Waals surface area contributed by atoms with Gasteiger partial charge in [-0.1, -0.05) is 11.6 Å². The Labute approximate surface area is 143 Å². The standard InChI is InChI=1S/C17H16ClNO5/c1-10(21)19-15(17(22)23-2)8-12-7-11(3-5-14(12)18)16-6-4-13(9-20)24-16/h3-7,9,15H,8H2,1-2H3,(H,19,21). The Hall–Kier alpha value is -2.60. The number of carbonyl (C=O) groups excluding carboxylic acids is 3. The Morgan fingerprint density at radius 2 is 2.08 bits per heavy atom. The van der Waals surface area contributed by atoms with E-state index in [-0.39, 0.29) is 18.1 Å². The summed E-state index contributed by atoms with van der Waals surface area (Å²) in [5.74, 6) is -0.191. The fourth-order valence-corrected chi connectivity index (χ4v) is 2.45. The Kier molecular flexibility index (Phi) is 5.76. The summed E-state index contributed by atoms with van der Waals surface area (Å²) in [6.45, 7) is 1.32. The number of nitrogens with one attached hydrogen (secondary N) is 1. The van der Waals surface area contributed by atoms with Crippen LogP contribution in [-0.2, 0) is 20.7 Å². The first-order chi connectivity index (χ1) is 11.4. The van der Waals surface area contributed by atoms with Crippen molar-refractivity contribution in [2.75, 3.05) is 7.11 Å². The maximum atomic E-state index is 11.8. The van der Waals surface area contributed by atoms with E-state index in [1.807, 2.05) is 0 Å². The minimum Gasteiger partial charge on any atom is -0.467 e. The molecule has 0 bridgehead atoms. The van der Waals surface area contributed by atoms with Crippen molar-refractivity contribution in [3.8, 4) is 11.3 Å². The van der Waals surface area contributed by atoms with Crippen LogP contribution in [0.25, 0.3) is 11.3 Å². The zero-order valence-electron chi connectivity index (χ0n) is 13.2. The van der Waals surface area contributed by atoms with E-state index in [2.05, 4.69) is 5.32 Å². The Balaban J connectivity index is 2.31. The van der Waals surface area contributed by atoms with E-state index < -0.39 is 12.0 Å². The third kappa shape index (κ3) is 4.23. The van der Waals surface area contributed by atoms with E-state index >= 15 is 0 Å². The molecule has 0 saturated heterocycles. The molecule has 0 aliphatic carbocycles. The van der Waals surface area contributed by atoms with Gasteiger partial charge in [-0.3, -0.25) is 9.59 Å². The number of carbonyl (C=O) groups is 3. The van der Waals surface area contributed by atoms with Crippen molar-refractivity contribution in [2.45, 2.75) is 19.4 Å². The molecule has 1 amide bonds. The molecule has 6 nitrogen and oxygen atoms in total. The van der Waals surface area contributed by atoms with Crippen molar-refractivity contribution in [1.29, 1.82) is 0 Å². The van der Waals surface area contributed by atoms with Crippen molar-refractivity contribution < 1.29 is 23.5 Å². The van der Waals surface area contributed by atoms with E-state index in [1.54, 1.807) is 30.3 Å². The number of benzene rings is 1. The van der Waals surface area contributed by atoms with Crippen LogP contribution in [0, 0.1) is 0 Å². The van der Waals surface area contributed by atoms with Gasteiger partial charge in [0.05, 0.1) is 7.11 Å². The average Bonchev–Trinajstić information content (AvgIpc) is 3.04. The zero-order valence-corrected chi connectivity index (χ0v) is 13.9. The van der Waals surface area contributed by atoms with Crippen LogP contribution in [0.2, 0.25) is 5.02 Å². The topological polar surface area (TPSA) is 85.6 Å². The van der Waals surface area contributed by atoms with Gasteiger partial charge in [0.1, 0.15) is 11.8 Å². The lowest BCUT2D eigenvalue weighted by Gasteiger charge is -2.16. The van der Waals surface area contributed by atoms with Gasteiger partial charge in [-0.25, -0.2) is 4.79 Å². The van der Waals surface area contributed by atoms with Crippen LogP contribution < -0.4 is 5.32 Å². The SMILES string of the molecule is COC(=O)C(Cc1cc(-c2ccc(C=O)o2)ccc1Cl)NC(C)=O. The van der Waals surface area contributed by atoms with Gasteiger partial charge < -0.3 is 14.5 Å². The number of halogens is 1. The molecule has 0 fully saturated rings. The molecule has 1 N–H and O–H groups in total. The molecule has 2 aromatic rings. The number of amides is 1. The summed E-state index contributed by atoms with van der Waals surface area (Å²) in [7, 11) is 1.25. The highest BCUT2D eigenvalue weighted by Crippen LogP contribution is 2.27. The van der Waals surface area contributed by atoms with Gasteiger partial charge >= 0.3 is 5.97 Å². The summed E-state index contributed by atoms with van der Waals surface area (Å²) >= 11 is 6.19. The van der Waals surface area contributed by atoms with Crippen molar-refractivity contribution >= 4 is 29.8 Å². The molecule has 1 aromatic carbocycles. The third-order valence-electron chi connectivity index (χ3n) is 3.36. The van der Waals surface area contributed by atoms with Crippen LogP contribution in [0.5, 0.6) is 0 Å². The zero-order chi connectivity index (χ0) is 17.7. The molecule has 126 valence electrons. The lowest BCUT2D eigenvalue weighted by Crippen LogP contribution is -2.42. The van der Waals surface area contributed by atoms with Crippen molar-refractivity contribution in [3.63, 3.8) is 0 Å². The van der Waals surface area contributed by atoms with E-state index in [9.17, 15) is 14.4 Å². The summed E-state index contributed by atoms with van der Waals surface area (Å²) in [6.07, 6.45) is 0.782. The van der Waals surface area contributed by atoms with Crippen LogP contribution in [0.3, 0.4) is 0 Å². The molecule has 0 radical (unpaired) electrons. The second kappa shape index (κ2) is 7.79. The first kappa shape index (κ1) is 17.7. The predicted octanol–water partition coefficient (Wildman–Crippen LogP) is 2.63. The molecular weight excluding hydrogens is 334 g/mol. The van der Waals surface area contributed by atoms with Crippen molar-refractivity contribution in [1.82, 2.24) is 5.32 Å².